The molecule has 1 N–H and O–H groups in total. The first-order valence-electron chi connectivity index (χ1n) is 5.01. The summed E-state index contributed by atoms with van der Waals surface area (Å²) in [6, 6.07) is 7.06. The van der Waals surface area contributed by atoms with Crippen LogP contribution in [0.1, 0.15) is 17.3 Å². The van der Waals surface area contributed by atoms with Crippen molar-refractivity contribution in [3.63, 3.8) is 0 Å². The molecule has 1 aromatic carbocycles. The SMILES string of the molecule is CCOC(=O)C(=O)c1cccc2cc[nH]c12. The van der Waals surface area contributed by atoms with Crippen molar-refractivity contribution in [2.24, 2.45) is 0 Å². The standard InChI is InChI=1S/C12H11NO3/c1-2-16-12(15)11(14)9-5-3-4-8-6-7-13-10(8)9/h3-7,13H,2H2,1H3. The fourth-order valence-corrected chi connectivity index (χ4v) is 1.58. The van der Waals surface area contributed by atoms with Gasteiger partial charge in [0.05, 0.1) is 17.7 Å². The molecular formula is C12H11NO3. The number of H-pyrrole nitrogens is 1. The summed E-state index contributed by atoms with van der Waals surface area (Å²) in [5, 5.41) is 0.898. The highest BCUT2D eigenvalue weighted by Gasteiger charge is 2.19. The van der Waals surface area contributed by atoms with Crippen LogP contribution in [0.25, 0.3) is 10.9 Å². The molecule has 16 heavy (non-hydrogen) atoms. The van der Waals surface area contributed by atoms with Crippen LogP contribution >= 0.6 is 0 Å². The Balaban J connectivity index is 2.43. The Morgan fingerprint density at radius 2 is 2.12 bits per heavy atom. The molecular weight excluding hydrogens is 206 g/mol. The molecule has 0 aliphatic rings. The third-order valence-corrected chi connectivity index (χ3v) is 2.29. The molecule has 1 heterocycles. The van der Waals surface area contributed by atoms with Gasteiger partial charge in [-0.1, -0.05) is 12.1 Å². The zero-order chi connectivity index (χ0) is 11.5. The lowest BCUT2D eigenvalue weighted by molar-refractivity contribution is -0.137. The first kappa shape index (κ1) is 10.4. The van der Waals surface area contributed by atoms with Crippen molar-refractivity contribution >= 4 is 22.7 Å². The Labute approximate surface area is 92.2 Å². The minimum atomic E-state index is -0.815. The monoisotopic (exact) mass is 217 g/mol. The van der Waals surface area contributed by atoms with E-state index in [1.54, 1.807) is 25.3 Å². The maximum Gasteiger partial charge on any atom is 0.379 e. The molecule has 0 amide bonds. The van der Waals surface area contributed by atoms with Gasteiger partial charge in [-0.05, 0) is 19.1 Å². The summed E-state index contributed by atoms with van der Waals surface area (Å²) in [6.07, 6.45) is 1.73. The highest BCUT2D eigenvalue weighted by Crippen LogP contribution is 2.17. The van der Waals surface area contributed by atoms with E-state index in [0.717, 1.165) is 5.39 Å². The van der Waals surface area contributed by atoms with Crippen LogP contribution in [-0.2, 0) is 9.53 Å². The molecule has 1 aromatic heterocycles. The Hall–Kier alpha value is -2.10. The van der Waals surface area contributed by atoms with E-state index in [4.69, 9.17) is 0 Å². The van der Waals surface area contributed by atoms with Crippen LogP contribution in [0, 0.1) is 0 Å². The van der Waals surface area contributed by atoms with Gasteiger partial charge < -0.3 is 9.72 Å². The number of aromatic nitrogens is 1. The molecule has 0 spiro atoms. The van der Waals surface area contributed by atoms with Crippen LogP contribution in [-0.4, -0.2) is 23.3 Å². The van der Waals surface area contributed by atoms with Crippen LogP contribution < -0.4 is 0 Å². The van der Waals surface area contributed by atoms with Gasteiger partial charge in [0.15, 0.2) is 0 Å². The van der Waals surface area contributed by atoms with Crippen LogP contribution in [0.5, 0.6) is 0 Å². The smallest absolute Gasteiger partial charge is 0.379 e. The minimum Gasteiger partial charge on any atom is -0.460 e. The highest BCUT2D eigenvalue weighted by molar-refractivity contribution is 6.42. The van der Waals surface area contributed by atoms with E-state index < -0.39 is 11.8 Å². The van der Waals surface area contributed by atoms with Gasteiger partial charge in [0, 0.05) is 11.6 Å². The Bertz CT molecular complexity index is 542. The fraction of sp³-hybridized carbons (Fsp3) is 0.167. The van der Waals surface area contributed by atoms with E-state index in [-0.39, 0.29) is 6.61 Å². The first-order chi connectivity index (χ1) is 7.74. The number of fused-ring (bicyclic) bond motifs is 1. The normalized spacial score (nSPS) is 10.3. The Morgan fingerprint density at radius 3 is 2.88 bits per heavy atom. The second-order valence-corrected chi connectivity index (χ2v) is 3.30. The summed E-state index contributed by atoms with van der Waals surface area (Å²) >= 11 is 0. The summed E-state index contributed by atoms with van der Waals surface area (Å²) in [5.41, 5.74) is 1.02. The van der Waals surface area contributed by atoms with E-state index >= 15 is 0 Å². The van der Waals surface area contributed by atoms with Crippen molar-refractivity contribution < 1.29 is 14.3 Å². The lowest BCUT2D eigenvalue weighted by Gasteiger charge is -2.02. The Morgan fingerprint density at radius 1 is 1.31 bits per heavy atom. The number of esters is 1. The van der Waals surface area contributed by atoms with Gasteiger partial charge in [0.25, 0.3) is 5.78 Å². The summed E-state index contributed by atoms with van der Waals surface area (Å²) in [4.78, 5) is 26.0. The molecule has 4 heteroatoms. The number of rotatable bonds is 3. The summed E-state index contributed by atoms with van der Waals surface area (Å²) in [7, 11) is 0. The summed E-state index contributed by atoms with van der Waals surface area (Å²) < 4.78 is 4.68. The van der Waals surface area contributed by atoms with Crippen LogP contribution in [0.4, 0.5) is 0 Å². The molecule has 0 radical (unpaired) electrons. The molecule has 2 aromatic rings. The summed E-state index contributed by atoms with van der Waals surface area (Å²) in [6.45, 7) is 1.87. The van der Waals surface area contributed by atoms with Crippen molar-refractivity contribution in [3.05, 3.63) is 36.0 Å². The predicted molar refractivity (Wildman–Crippen MR) is 59.3 cm³/mol. The second kappa shape index (κ2) is 4.18. The number of nitrogens with one attached hydrogen (secondary N) is 1. The molecule has 2 rings (SSSR count). The van der Waals surface area contributed by atoms with Crippen molar-refractivity contribution in [3.8, 4) is 0 Å². The van der Waals surface area contributed by atoms with Gasteiger partial charge >= 0.3 is 5.97 Å². The van der Waals surface area contributed by atoms with E-state index in [1.165, 1.54) is 0 Å². The van der Waals surface area contributed by atoms with Crippen LogP contribution in [0.15, 0.2) is 30.5 Å². The molecule has 0 saturated heterocycles. The maximum absolute atomic E-state index is 11.8. The number of Topliss-reactive ketones (excluding diaryl/α,β-unsaturated/α-hetero) is 1. The summed E-state index contributed by atoms with van der Waals surface area (Å²) in [5.74, 6) is -1.43. The average molecular weight is 217 g/mol. The fourth-order valence-electron chi connectivity index (χ4n) is 1.58. The number of ether oxygens (including phenoxy) is 1. The molecule has 0 saturated carbocycles. The van der Waals surface area contributed by atoms with E-state index in [0.29, 0.717) is 11.1 Å². The molecule has 0 bridgehead atoms. The molecule has 0 fully saturated rings. The zero-order valence-electron chi connectivity index (χ0n) is 8.82. The molecule has 82 valence electrons. The lowest BCUT2D eigenvalue weighted by atomic mass is 10.1. The largest absolute Gasteiger partial charge is 0.460 e. The molecule has 0 atom stereocenters. The first-order valence-corrected chi connectivity index (χ1v) is 5.01. The predicted octanol–water partition coefficient (Wildman–Crippen LogP) is 1.91. The zero-order valence-corrected chi connectivity index (χ0v) is 8.82. The molecule has 0 aliphatic carbocycles. The van der Waals surface area contributed by atoms with E-state index in [1.807, 2.05) is 12.1 Å². The van der Waals surface area contributed by atoms with Gasteiger partial charge in [0.1, 0.15) is 0 Å². The number of benzene rings is 1. The van der Waals surface area contributed by atoms with Gasteiger partial charge in [-0.3, -0.25) is 4.79 Å². The number of para-hydroxylation sites is 1. The van der Waals surface area contributed by atoms with Crippen molar-refractivity contribution in [2.45, 2.75) is 6.92 Å². The number of ketones is 1. The number of hydrogen-bond acceptors (Lipinski definition) is 3. The van der Waals surface area contributed by atoms with Gasteiger partial charge in [-0.2, -0.15) is 0 Å². The highest BCUT2D eigenvalue weighted by atomic mass is 16.5. The number of carbonyl (C=O) groups excluding carboxylic acids is 2. The maximum atomic E-state index is 11.8. The Kier molecular flexibility index (Phi) is 2.72. The quantitative estimate of drug-likeness (QED) is 0.485. The van der Waals surface area contributed by atoms with E-state index in [9.17, 15) is 9.59 Å². The number of aromatic amines is 1. The molecule has 0 aliphatic heterocycles. The van der Waals surface area contributed by atoms with Gasteiger partial charge in [-0.15, -0.1) is 0 Å². The van der Waals surface area contributed by atoms with Crippen LogP contribution in [0.3, 0.4) is 0 Å². The topological polar surface area (TPSA) is 59.2 Å². The van der Waals surface area contributed by atoms with Crippen molar-refractivity contribution in [1.82, 2.24) is 4.98 Å². The number of carbonyl (C=O) groups is 2. The second-order valence-electron chi connectivity index (χ2n) is 3.30. The van der Waals surface area contributed by atoms with E-state index in [2.05, 4.69) is 9.72 Å². The molecule has 0 unspecified atom stereocenters. The van der Waals surface area contributed by atoms with Gasteiger partial charge in [0.2, 0.25) is 0 Å². The number of hydrogen-bond donors (Lipinski definition) is 1. The third kappa shape index (κ3) is 1.69. The third-order valence-electron chi connectivity index (χ3n) is 2.29. The van der Waals surface area contributed by atoms with Crippen molar-refractivity contribution in [2.75, 3.05) is 6.61 Å². The van der Waals surface area contributed by atoms with Crippen molar-refractivity contribution in [1.29, 1.82) is 0 Å². The lowest BCUT2D eigenvalue weighted by Crippen LogP contribution is -2.17. The van der Waals surface area contributed by atoms with Crippen LogP contribution in [0.2, 0.25) is 0 Å². The minimum absolute atomic E-state index is 0.200. The van der Waals surface area contributed by atoms with Gasteiger partial charge in [-0.25, -0.2) is 4.79 Å². The average Bonchev–Trinajstić information content (AvgIpc) is 2.76. The molecule has 4 nitrogen and oxygen atoms in total.